The van der Waals surface area contributed by atoms with Crippen LogP contribution in [0.15, 0.2) is 42.6 Å². The van der Waals surface area contributed by atoms with Crippen molar-refractivity contribution in [2.75, 3.05) is 13.1 Å². The molecule has 0 aliphatic carbocycles. The highest BCUT2D eigenvalue weighted by molar-refractivity contribution is 5.71. The Morgan fingerprint density at radius 3 is 2.48 bits per heavy atom. The number of benzene rings is 1. The van der Waals surface area contributed by atoms with Crippen LogP contribution in [0, 0.1) is 0 Å². The van der Waals surface area contributed by atoms with Crippen LogP contribution in [0.2, 0.25) is 0 Å². The van der Waals surface area contributed by atoms with E-state index >= 15 is 0 Å². The summed E-state index contributed by atoms with van der Waals surface area (Å²) in [6, 6.07) is 12.7. The SMILES string of the molecule is CC(C)c1nc2cccnc2n1C1CCN(C(C)CCc2ccc(O)cc2)CC1. The summed E-state index contributed by atoms with van der Waals surface area (Å²) in [5.74, 6) is 1.90. The lowest BCUT2D eigenvalue weighted by Crippen LogP contribution is -2.41. The van der Waals surface area contributed by atoms with Crippen LogP contribution in [0.3, 0.4) is 0 Å². The average Bonchev–Trinajstić information content (AvgIpc) is 3.13. The van der Waals surface area contributed by atoms with Gasteiger partial charge in [0.2, 0.25) is 0 Å². The smallest absolute Gasteiger partial charge is 0.160 e. The van der Waals surface area contributed by atoms with Gasteiger partial charge in [-0.15, -0.1) is 0 Å². The van der Waals surface area contributed by atoms with Crippen molar-refractivity contribution < 1.29 is 5.11 Å². The van der Waals surface area contributed by atoms with E-state index in [0.29, 0.717) is 23.8 Å². The topological polar surface area (TPSA) is 54.2 Å². The quantitative estimate of drug-likeness (QED) is 0.647. The molecule has 5 nitrogen and oxygen atoms in total. The summed E-state index contributed by atoms with van der Waals surface area (Å²) in [5, 5.41) is 9.44. The van der Waals surface area contributed by atoms with Crippen LogP contribution in [0.5, 0.6) is 5.75 Å². The summed E-state index contributed by atoms with van der Waals surface area (Å²) in [6.45, 7) is 9.02. The molecule has 3 heterocycles. The Balaban J connectivity index is 1.40. The number of aryl methyl sites for hydroxylation is 1. The Labute approximate surface area is 173 Å². The van der Waals surface area contributed by atoms with Gasteiger partial charge in [0, 0.05) is 37.3 Å². The maximum atomic E-state index is 9.44. The van der Waals surface area contributed by atoms with Gasteiger partial charge in [-0.25, -0.2) is 9.97 Å². The molecule has 5 heteroatoms. The Kier molecular flexibility index (Phi) is 5.86. The van der Waals surface area contributed by atoms with E-state index in [1.54, 1.807) is 12.1 Å². The van der Waals surface area contributed by atoms with E-state index < -0.39 is 0 Å². The van der Waals surface area contributed by atoms with Crippen molar-refractivity contribution in [1.29, 1.82) is 0 Å². The zero-order valence-corrected chi connectivity index (χ0v) is 17.8. The molecule has 2 aromatic heterocycles. The van der Waals surface area contributed by atoms with Gasteiger partial charge in [0.25, 0.3) is 0 Å². The first-order chi connectivity index (χ1) is 14.0. The van der Waals surface area contributed by atoms with Gasteiger partial charge in [-0.05, 0) is 62.4 Å². The van der Waals surface area contributed by atoms with Crippen molar-refractivity contribution in [3.05, 3.63) is 54.0 Å². The van der Waals surface area contributed by atoms with Crippen molar-refractivity contribution in [3.8, 4) is 5.75 Å². The van der Waals surface area contributed by atoms with Gasteiger partial charge in [-0.3, -0.25) is 0 Å². The van der Waals surface area contributed by atoms with E-state index in [2.05, 4.69) is 41.3 Å². The van der Waals surface area contributed by atoms with E-state index in [4.69, 9.17) is 4.98 Å². The van der Waals surface area contributed by atoms with E-state index in [0.717, 1.165) is 55.8 Å². The molecule has 1 aromatic carbocycles. The minimum atomic E-state index is 0.339. The molecule has 0 radical (unpaired) electrons. The average molecular weight is 393 g/mol. The number of phenols is 1. The number of aromatic hydroxyl groups is 1. The summed E-state index contributed by atoms with van der Waals surface area (Å²) in [7, 11) is 0. The minimum absolute atomic E-state index is 0.339. The molecule has 1 aliphatic rings. The molecule has 1 aliphatic heterocycles. The molecule has 29 heavy (non-hydrogen) atoms. The maximum absolute atomic E-state index is 9.44. The number of nitrogens with zero attached hydrogens (tertiary/aromatic N) is 4. The predicted molar refractivity (Wildman–Crippen MR) is 117 cm³/mol. The summed E-state index contributed by atoms with van der Waals surface area (Å²) < 4.78 is 2.42. The van der Waals surface area contributed by atoms with Crippen LogP contribution in [-0.4, -0.2) is 43.7 Å². The number of aromatic nitrogens is 3. The molecule has 0 spiro atoms. The lowest BCUT2D eigenvalue weighted by atomic mass is 9.99. The number of hydrogen-bond donors (Lipinski definition) is 1. The molecule has 0 bridgehead atoms. The van der Waals surface area contributed by atoms with E-state index in [-0.39, 0.29) is 0 Å². The lowest BCUT2D eigenvalue weighted by Gasteiger charge is -2.37. The second-order valence-corrected chi connectivity index (χ2v) is 8.66. The molecule has 1 unspecified atom stereocenters. The number of phenolic OH excluding ortho intramolecular Hbond substituents is 1. The third-order valence-corrected chi connectivity index (χ3v) is 6.27. The fourth-order valence-corrected chi connectivity index (χ4v) is 4.52. The molecule has 1 N–H and O–H groups in total. The first-order valence-corrected chi connectivity index (χ1v) is 10.9. The third kappa shape index (κ3) is 4.30. The lowest BCUT2D eigenvalue weighted by molar-refractivity contribution is 0.137. The third-order valence-electron chi connectivity index (χ3n) is 6.27. The number of imidazole rings is 1. The zero-order valence-electron chi connectivity index (χ0n) is 17.8. The van der Waals surface area contributed by atoms with Gasteiger partial charge in [0.05, 0.1) is 0 Å². The second-order valence-electron chi connectivity index (χ2n) is 8.66. The second kappa shape index (κ2) is 8.54. The number of fused-ring (bicyclic) bond motifs is 1. The van der Waals surface area contributed by atoms with Crippen LogP contribution in [0.25, 0.3) is 11.2 Å². The van der Waals surface area contributed by atoms with Crippen LogP contribution >= 0.6 is 0 Å². The molecule has 1 atom stereocenters. The van der Waals surface area contributed by atoms with Gasteiger partial charge in [0.1, 0.15) is 17.1 Å². The summed E-state index contributed by atoms with van der Waals surface area (Å²) >= 11 is 0. The standard InChI is InChI=1S/C24H32N4O/c1-17(2)23-26-22-5-4-14-25-24(22)28(23)20-12-15-27(16-13-20)18(3)6-7-19-8-10-21(29)11-9-19/h4-5,8-11,14,17-18,20,29H,6-7,12-13,15-16H2,1-3H3. The fraction of sp³-hybridized carbons (Fsp3) is 0.500. The van der Waals surface area contributed by atoms with Crippen molar-refractivity contribution >= 4 is 11.2 Å². The van der Waals surface area contributed by atoms with Crippen LogP contribution < -0.4 is 0 Å². The van der Waals surface area contributed by atoms with Crippen LogP contribution in [-0.2, 0) is 6.42 Å². The first-order valence-electron chi connectivity index (χ1n) is 10.9. The number of piperidine rings is 1. The highest BCUT2D eigenvalue weighted by atomic mass is 16.3. The zero-order chi connectivity index (χ0) is 20.4. The van der Waals surface area contributed by atoms with Crippen LogP contribution in [0.1, 0.15) is 63.4 Å². The van der Waals surface area contributed by atoms with Crippen molar-refractivity contribution in [3.63, 3.8) is 0 Å². The first kappa shape index (κ1) is 19.9. The van der Waals surface area contributed by atoms with Gasteiger partial charge in [0.15, 0.2) is 5.65 Å². The molecule has 4 rings (SSSR count). The minimum Gasteiger partial charge on any atom is -0.508 e. The Morgan fingerprint density at radius 2 is 1.79 bits per heavy atom. The van der Waals surface area contributed by atoms with Crippen molar-refractivity contribution in [1.82, 2.24) is 19.4 Å². The Morgan fingerprint density at radius 1 is 1.07 bits per heavy atom. The number of pyridine rings is 1. The fourth-order valence-electron chi connectivity index (χ4n) is 4.52. The van der Waals surface area contributed by atoms with E-state index in [1.165, 1.54) is 5.56 Å². The largest absolute Gasteiger partial charge is 0.508 e. The molecule has 3 aromatic rings. The van der Waals surface area contributed by atoms with Gasteiger partial charge in [-0.1, -0.05) is 26.0 Å². The van der Waals surface area contributed by atoms with Gasteiger partial charge < -0.3 is 14.6 Å². The number of hydrogen-bond acceptors (Lipinski definition) is 4. The molecule has 1 fully saturated rings. The summed E-state index contributed by atoms with van der Waals surface area (Å²) in [6.07, 6.45) is 6.36. The number of likely N-dealkylation sites (tertiary alicyclic amines) is 1. The van der Waals surface area contributed by atoms with Crippen molar-refractivity contribution in [2.24, 2.45) is 0 Å². The van der Waals surface area contributed by atoms with Gasteiger partial charge >= 0.3 is 0 Å². The normalized spacial score (nSPS) is 17.2. The highest BCUT2D eigenvalue weighted by Gasteiger charge is 2.27. The van der Waals surface area contributed by atoms with Gasteiger partial charge in [-0.2, -0.15) is 0 Å². The van der Waals surface area contributed by atoms with E-state index in [9.17, 15) is 5.11 Å². The maximum Gasteiger partial charge on any atom is 0.160 e. The number of rotatable bonds is 6. The van der Waals surface area contributed by atoms with E-state index in [1.807, 2.05) is 24.4 Å². The molecular formula is C24H32N4O. The monoisotopic (exact) mass is 392 g/mol. The Bertz CT molecular complexity index is 939. The predicted octanol–water partition coefficient (Wildman–Crippen LogP) is 4.92. The van der Waals surface area contributed by atoms with Crippen molar-refractivity contribution in [2.45, 2.75) is 64.5 Å². The highest BCUT2D eigenvalue weighted by Crippen LogP contribution is 2.31. The molecule has 0 saturated carbocycles. The summed E-state index contributed by atoms with van der Waals surface area (Å²) in [5.41, 5.74) is 3.35. The molecular weight excluding hydrogens is 360 g/mol. The van der Waals surface area contributed by atoms with Crippen LogP contribution in [0.4, 0.5) is 0 Å². The Hall–Kier alpha value is -2.40. The molecule has 154 valence electrons. The summed E-state index contributed by atoms with van der Waals surface area (Å²) in [4.78, 5) is 12.2. The molecule has 0 amide bonds. The molecule has 1 saturated heterocycles.